The summed E-state index contributed by atoms with van der Waals surface area (Å²) >= 11 is 1.00. The lowest BCUT2D eigenvalue weighted by molar-refractivity contribution is -0.136. The lowest BCUT2D eigenvalue weighted by Crippen LogP contribution is -2.36. The van der Waals surface area contributed by atoms with Crippen LogP contribution in [0.25, 0.3) is 10.9 Å². The van der Waals surface area contributed by atoms with E-state index in [1.54, 1.807) is 4.90 Å². The summed E-state index contributed by atoms with van der Waals surface area (Å²) in [6, 6.07) is 11.4. The molecule has 2 aromatic carbocycles. The number of halogens is 3. The molecule has 5 nitrogen and oxygen atoms in total. The molecule has 0 saturated heterocycles. The fourth-order valence-corrected chi connectivity index (χ4v) is 4.70. The van der Waals surface area contributed by atoms with Crippen molar-refractivity contribution in [3.8, 4) is 11.5 Å². The Morgan fingerprint density at radius 1 is 1.13 bits per heavy atom. The normalized spacial score (nSPS) is 15.3. The number of nitrogens with zero attached hydrogens (tertiary/aromatic N) is 2. The van der Waals surface area contributed by atoms with Gasteiger partial charge in [-0.25, -0.2) is 4.98 Å². The number of alkyl halides is 3. The van der Waals surface area contributed by atoms with E-state index >= 15 is 0 Å². The van der Waals surface area contributed by atoms with Gasteiger partial charge in [0.05, 0.1) is 21.9 Å². The minimum Gasteiger partial charge on any atom is -0.454 e. The SMILES string of the molecule is O=C(CSc1cc(C(F)(F)F)c2cc3c(cc2n1)OCO3)N1CCCc2ccccc21. The van der Waals surface area contributed by atoms with Gasteiger partial charge in [-0.1, -0.05) is 30.0 Å². The highest BCUT2D eigenvalue weighted by Gasteiger charge is 2.34. The first kappa shape index (κ1) is 20.0. The highest BCUT2D eigenvalue weighted by Crippen LogP contribution is 2.42. The van der Waals surface area contributed by atoms with Crippen LogP contribution in [0.4, 0.5) is 18.9 Å². The standard InChI is InChI=1S/C22H17F3N2O3S/c23-22(24,25)15-9-20(26-16-10-19-18(8-14(15)16)29-12-30-19)31-11-21(28)27-7-3-5-13-4-1-2-6-17(13)27/h1-2,4,6,8-10H,3,5,7,11-12H2. The van der Waals surface area contributed by atoms with Crippen LogP contribution in [0.15, 0.2) is 47.5 Å². The van der Waals surface area contributed by atoms with Gasteiger partial charge < -0.3 is 14.4 Å². The van der Waals surface area contributed by atoms with Gasteiger partial charge in [-0.05, 0) is 36.6 Å². The van der Waals surface area contributed by atoms with Crippen molar-refractivity contribution in [1.82, 2.24) is 4.98 Å². The van der Waals surface area contributed by atoms with Crippen LogP contribution < -0.4 is 14.4 Å². The molecule has 3 aromatic rings. The maximum atomic E-state index is 13.7. The smallest absolute Gasteiger partial charge is 0.417 e. The van der Waals surface area contributed by atoms with Gasteiger partial charge in [0.1, 0.15) is 0 Å². The van der Waals surface area contributed by atoms with Gasteiger partial charge in [-0.3, -0.25) is 4.79 Å². The second-order valence-electron chi connectivity index (χ2n) is 7.29. The van der Waals surface area contributed by atoms with Crippen molar-refractivity contribution >= 4 is 34.3 Å². The largest absolute Gasteiger partial charge is 0.454 e. The fraction of sp³-hybridized carbons (Fsp3) is 0.273. The van der Waals surface area contributed by atoms with Gasteiger partial charge in [-0.15, -0.1) is 0 Å². The van der Waals surface area contributed by atoms with Crippen molar-refractivity contribution in [3.05, 3.63) is 53.6 Å². The first-order valence-electron chi connectivity index (χ1n) is 9.73. The highest BCUT2D eigenvalue weighted by molar-refractivity contribution is 7.99. The molecule has 0 saturated carbocycles. The van der Waals surface area contributed by atoms with Crippen LogP contribution in [0.3, 0.4) is 0 Å². The monoisotopic (exact) mass is 446 g/mol. The Balaban J connectivity index is 1.43. The summed E-state index contributed by atoms with van der Waals surface area (Å²) in [6.45, 7) is 0.555. The number of hydrogen-bond donors (Lipinski definition) is 0. The van der Waals surface area contributed by atoms with Crippen LogP contribution in [0.1, 0.15) is 17.5 Å². The Hall–Kier alpha value is -2.94. The van der Waals surface area contributed by atoms with E-state index in [2.05, 4.69) is 4.98 Å². The molecule has 2 aliphatic rings. The summed E-state index contributed by atoms with van der Waals surface area (Å²) in [5.74, 6) is 0.461. The molecule has 3 heterocycles. The Bertz CT molecular complexity index is 1180. The summed E-state index contributed by atoms with van der Waals surface area (Å²) in [7, 11) is 0. The lowest BCUT2D eigenvalue weighted by Gasteiger charge is -2.29. The van der Waals surface area contributed by atoms with Crippen molar-refractivity contribution in [2.24, 2.45) is 0 Å². The van der Waals surface area contributed by atoms with E-state index in [-0.39, 0.29) is 40.1 Å². The third-order valence-electron chi connectivity index (χ3n) is 5.34. The zero-order chi connectivity index (χ0) is 21.6. The van der Waals surface area contributed by atoms with E-state index < -0.39 is 11.7 Å². The van der Waals surface area contributed by atoms with E-state index in [1.165, 1.54) is 12.1 Å². The van der Waals surface area contributed by atoms with Gasteiger partial charge >= 0.3 is 6.18 Å². The maximum Gasteiger partial charge on any atom is 0.417 e. The number of amides is 1. The minimum atomic E-state index is -4.57. The number of fused-ring (bicyclic) bond motifs is 3. The molecule has 0 bridgehead atoms. The molecule has 9 heteroatoms. The number of anilines is 1. The zero-order valence-corrected chi connectivity index (χ0v) is 17.1. The number of aromatic nitrogens is 1. The molecule has 0 aliphatic carbocycles. The van der Waals surface area contributed by atoms with E-state index in [9.17, 15) is 18.0 Å². The third kappa shape index (κ3) is 3.78. The van der Waals surface area contributed by atoms with Crippen molar-refractivity contribution < 1.29 is 27.4 Å². The Labute approximate surface area is 180 Å². The molecule has 1 aromatic heterocycles. The van der Waals surface area contributed by atoms with Gasteiger partial charge in [0.15, 0.2) is 11.5 Å². The molecule has 0 radical (unpaired) electrons. The lowest BCUT2D eigenvalue weighted by atomic mass is 10.0. The molecule has 0 fully saturated rings. The van der Waals surface area contributed by atoms with E-state index in [0.29, 0.717) is 12.3 Å². The molecule has 0 N–H and O–H groups in total. The molecule has 31 heavy (non-hydrogen) atoms. The molecule has 2 aliphatic heterocycles. The van der Waals surface area contributed by atoms with E-state index in [1.807, 2.05) is 24.3 Å². The molecule has 1 amide bonds. The average Bonchev–Trinajstić information content (AvgIpc) is 3.21. The number of rotatable bonds is 3. The summed E-state index contributed by atoms with van der Waals surface area (Å²) in [5.41, 5.74) is 1.31. The van der Waals surface area contributed by atoms with Crippen molar-refractivity contribution in [2.45, 2.75) is 24.0 Å². The van der Waals surface area contributed by atoms with Crippen molar-refractivity contribution in [1.29, 1.82) is 0 Å². The Morgan fingerprint density at radius 2 is 1.90 bits per heavy atom. The number of carbonyl (C=O) groups is 1. The van der Waals surface area contributed by atoms with E-state index in [0.717, 1.165) is 41.9 Å². The van der Waals surface area contributed by atoms with Gasteiger partial charge in [0, 0.05) is 23.7 Å². The van der Waals surface area contributed by atoms with Gasteiger partial charge in [0.2, 0.25) is 12.7 Å². The number of aryl methyl sites for hydroxylation is 1. The number of hydrogen-bond acceptors (Lipinski definition) is 5. The van der Waals surface area contributed by atoms with E-state index in [4.69, 9.17) is 9.47 Å². The predicted molar refractivity (Wildman–Crippen MR) is 111 cm³/mol. The number of carbonyl (C=O) groups excluding carboxylic acids is 1. The number of thioether (sulfide) groups is 1. The van der Waals surface area contributed by atoms with Crippen LogP contribution in [0.5, 0.6) is 11.5 Å². The summed E-state index contributed by atoms with van der Waals surface area (Å²) < 4.78 is 51.6. The molecule has 0 spiro atoms. The van der Waals surface area contributed by atoms with Crippen LogP contribution in [0, 0.1) is 0 Å². The summed E-state index contributed by atoms with van der Waals surface area (Å²) in [4.78, 5) is 18.9. The van der Waals surface area contributed by atoms with Crippen LogP contribution in [-0.4, -0.2) is 30.0 Å². The summed E-state index contributed by atoms with van der Waals surface area (Å²) in [6.07, 6.45) is -2.81. The predicted octanol–water partition coefficient (Wildman–Crippen LogP) is 5.05. The van der Waals surface area contributed by atoms with Crippen LogP contribution in [-0.2, 0) is 17.4 Å². The number of para-hydroxylation sites is 1. The quantitative estimate of drug-likeness (QED) is 0.527. The highest BCUT2D eigenvalue weighted by atomic mass is 32.2. The fourth-order valence-electron chi connectivity index (χ4n) is 3.91. The van der Waals surface area contributed by atoms with Crippen LogP contribution >= 0.6 is 11.8 Å². The molecule has 0 atom stereocenters. The second kappa shape index (κ2) is 7.64. The maximum absolute atomic E-state index is 13.7. The molecule has 160 valence electrons. The second-order valence-corrected chi connectivity index (χ2v) is 8.29. The first-order valence-corrected chi connectivity index (χ1v) is 10.7. The van der Waals surface area contributed by atoms with Crippen molar-refractivity contribution in [2.75, 3.05) is 24.0 Å². The number of ether oxygens (including phenoxy) is 2. The topological polar surface area (TPSA) is 51.7 Å². The average molecular weight is 446 g/mol. The number of pyridine rings is 1. The molecule has 0 unspecified atom stereocenters. The van der Waals surface area contributed by atoms with Crippen LogP contribution in [0.2, 0.25) is 0 Å². The van der Waals surface area contributed by atoms with Gasteiger partial charge in [0.25, 0.3) is 0 Å². The summed E-state index contributed by atoms with van der Waals surface area (Å²) in [5, 5.41) is 0.0784. The van der Waals surface area contributed by atoms with Gasteiger partial charge in [-0.2, -0.15) is 13.2 Å². The first-order chi connectivity index (χ1) is 14.9. The minimum absolute atomic E-state index is 0.00527. The van der Waals surface area contributed by atoms with Crippen molar-refractivity contribution in [3.63, 3.8) is 0 Å². The Kier molecular flexibility index (Phi) is 4.92. The third-order valence-corrected chi connectivity index (χ3v) is 6.24. The molecular weight excluding hydrogens is 429 g/mol. The molecule has 5 rings (SSSR count). The Morgan fingerprint density at radius 3 is 2.71 bits per heavy atom. The number of benzene rings is 2. The zero-order valence-electron chi connectivity index (χ0n) is 16.2. The molecular formula is C22H17F3N2O3S.